The van der Waals surface area contributed by atoms with Gasteiger partial charge < -0.3 is 15.8 Å². The molecule has 0 aromatic heterocycles. The lowest BCUT2D eigenvalue weighted by Crippen LogP contribution is -2.52. The smallest absolute Gasteiger partial charge is 0.239 e. The van der Waals surface area contributed by atoms with Gasteiger partial charge in [-0.2, -0.15) is 0 Å². The number of hydrogen-bond donors (Lipinski definition) is 2. The molecule has 1 aliphatic carbocycles. The maximum Gasteiger partial charge on any atom is 0.239 e. The summed E-state index contributed by atoms with van der Waals surface area (Å²) < 4.78 is 5.40. The SMILES string of the molecule is CCOCCC1(CNC(=O)C(C)(C)N)CCC1. The highest BCUT2D eigenvalue weighted by atomic mass is 16.5. The highest BCUT2D eigenvalue weighted by Crippen LogP contribution is 2.43. The third kappa shape index (κ3) is 4.28. The molecule has 3 N–H and O–H groups in total. The average Bonchev–Trinajstić information content (AvgIpc) is 2.19. The molecule has 0 aromatic rings. The fourth-order valence-electron chi connectivity index (χ4n) is 2.12. The van der Waals surface area contributed by atoms with E-state index in [9.17, 15) is 4.79 Å². The summed E-state index contributed by atoms with van der Waals surface area (Å²) in [4.78, 5) is 11.7. The summed E-state index contributed by atoms with van der Waals surface area (Å²) in [5.41, 5.74) is 5.23. The predicted molar refractivity (Wildman–Crippen MR) is 68.7 cm³/mol. The van der Waals surface area contributed by atoms with Gasteiger partial charge in [-0.3, -0.25) is 4.79 Å². The van der Waals surface area contributed by atoms with E-state index < -0.39 is 5.54 Å². The summed E-state index contributed by atoms with van der Waals surface area (Å²) in [6.07, 6.45) is 4.66. The van der Waals surface area contributed by atoms with Gasteiger partial charge in [0, 0.05) is 19.8 Å². The second-order valence-electron chi connectivity index (χ2n) is 5.70. The molecule has 0 saturated heterocycles. The zero-order valence-electron chi connectivity index (χ0n) is 11.3. The fraction of sp³-hybridized carbons (Fsp3) is 0.923. The van der Waals surface area contributed by atoms with Crippen LogP contribution in [0.15, 0.2) is 0 Å². The topological polar surface area (TPSA) is 64.3 Å². The Morgan fingerprint density at radius 2 is 2.12 bits per heavy atom. The van der Waals surface area contributed by atoms with E-state index in [4.69, 9.17) is 10.5 Å². The van der Waals surface area contributed by atoms with Crippen LogP contribution in [-0.4, -0.2) is 31.2 Å². The van der Waals surface area contributed by atoms with Gasteiger partial charge in [-0.05, 0) is 45.4 Å². The van der Waals surface area contributed by atoms with Crippen LogP contribution < -0.4 is 11.1 Å². The third-order valence-electron chi connectivity index (χ3n) is 3.60. The number of carbonyl (C=O) groups is 1. The average molecular weight is 242 g/mol. The Labute approximate surface area is 104 Å². The van der Waals surface area contributed by atoms with Crippen LogP contribution in [0.25, 0.3) is 0 Å². The molecule has 0 unspecified atom stereocenters. The second-order valence-corrected chi connectivity index (χ2v) is 5.70. The van der Waals surface area contributed by atoms with E-state index in [-0.39, 0.29) is 11.3 Å². The van der Waals surface area contributed by atoms with Gasteiger partial charge in [0.2, 0.25) is 5.91 Å². The van der Waals surface area contributed by atoms with E-state index in [1.807, 2.05) is 6.92 Å². The monoisotopic (exact) mass is 242 g/mol. The summed E-state index contributed by atoms with van der Waals surface area (Å²) in [5, 5.41) is 2.97. The minimum absolute atomic E-state index is 0.0693. The number of nitrogens with two attached hydrogens (primary N) is 1. The molecule has 0 spiro atoms. The van der Waals surface area contributed by atoms with E-state index >= 15 is 0 Å². The van der Waals surface area contributed by atoms with Gasteiger partial charge in [-0.1, -0.05) is 6.42 Å². The zero-order chi connectivity index (χ0) is 12.9. The zero-order valence-corrected chi connectivity index (χ0v) is 11.3. The van der Waals surface area contributed by atoms with Gasteiger partial charge in [-0.25, -0.2) is 0 Å². The third-order valence-corrected chi connectivity index (χ3v) is 3.60. The maximum absolute atomic E-state index is 11.7. The van der Waals surface area contributed by atoms with E-state index in [0.717, 1.165) is 26.2 Å². The molecule has 17 heavy (non-hydrogen) atoms. The van der Waals surface area contributed by atoms with Crippen LogP contribution in [-0.2, 0) is 9.53 Å². The first kappa shape index (κ1) is 14.5. The molecule has 1 rings (SSSR count). The number of nitrogens with one attached hydrogen (secondary N) is 1. The van der Waals surface area contributed by atoms with E-state index in [1.165, 1.54) is 19.3 Å². The van der Waals surface area contributed by atoms with Gasteiger partial charge in [-0.15, -0.1) is 0 Å². The summed E-state index contributed by atoms with van der Waals surface area (Å²) in [7, 11) is 0. The second kappa shape index (κ2) is 5.83. The van der Waals surface area contributed by atoms with Crippen LogP contribution in [0.1, 0.15) is 46.5 Å². The maximum atomic E-state index is 11.7. The first-order valence-corrected chi connectivity index (χ1v) is 6.55. The number of ether oxygens (including phenoxy) is 1. The molecule has 0 atom stereocenters. The summed E-state index contributed by atoms with van der Waals surface area (Å²) in [5.74, 6) is -0.0693. The standard InChI is InChI=1S/C13H26N2O2/c1-4-17-9-8-13(6-5-7-13)10-15-11(16)12(2,3)14/h4-10,14H2,1-3H3,(H,15,16). The van der Waals surface area contributed by atoms with Crippen molar-refractivity contribution in [2.75, 3.05) is 19.8 Å². The van der Waals surface area contributed by atoms with Crippen molar-refractivity contribution in [3.05, 3.63) is 0 Å². The van der Waals surface area contributed by atoms with Crippen LogP contribution in [0.5, 0.6) is 0 Å². The van der Waals surface area contributed by atoms with Gasteiger partial charge in [0.1, 0.15) is 0 Å². The molecule has 1 saturated carbocycles. The molecular formula is C13H26N2O2. The van der Waals surface area contributed by atoms with Crippen LogP contribution in [0, 0.1) is 5.41 Å². The van der Waals surface area contributed by atoms with Crippen molar-refractivity contribution in [2.24, 2.45) is 11.1 Å². The summed E-state index contributed by atoms with van der Waals surface area (Å²) >= 11 is 0. The Balaban J connectivity index is 2.34. The van der Waals surface area contributed by atoms with Crippen LogP contribution in [0.2, 0.25) is 0 Å². The van der Waals surface area contributed by atoms with Crippen molar-refractivity contribution >= 4 is 5.91 Å². The van der Waals surface area contributed by atoms with Gasteiger partial charge in [0.25, 0.3) is 0 Å². The largest absolute Gasteiger partial charge is 0.382 e. The van der Waals surface area contributed by atoms with E-state index in [0.29, 0.717) is 0 Å². The van der Waals surface area contributed by atoms with E-state index in [1.54, 1.807) is 13.8 Å². The first-order valence-electron chi connectivity index (χ1n) is 6.55. The molecule has 0 aromatic carbocycles. The predicted octanol–water partition coefficient (Wildman–Crippen LogP) is 1.44. The minimum Gasteiger partial charge on any atom is -0.382 e. The van der Waals surface area contributed by atoms with Crippen LogP contribution >= 0.6 is 0 Å². The highest BCUT2D eigenvalue weighted by molar-refractivity contribution is 5.85. The van der Waals surface area contributed by atoms with Crippen molar-refractivity contribution < 1.29 is 9.53 Å². The van der Waals surface area contributed by atoms with Crippen molar-refractivity contribution in [3.63, 3.8) is 0 Å². The molecule has 0 bridgehead atoms. The molecule has 100 valence electrons. The first-order chi connectivity index (χ1) is 7.90. The van der Waals surface area contributed by atoms with Crippen molar-refractivity contribution in [2.45, 2.75) is 52.0 Å². The molecule has 1 fully saturated rings. The molecular weight excluding hydrogens is 216 g/mol. The molecule has 4 heteroatoms. The van der Waals surface area contributed by atoms with Crippen molar-refractivity contribution in [1.82, 2.24) is 5.32 Å². The number of amides is 1. The summed E-state index contributed by atoms with van der Waals surface area (Å²) in [6.45, 7) is 7.76. The highest BCUT2D eigenvalue weighted by Gasteiger charge is 2.37. The normalized spacial score (nSPS) is 18.6. The molecule has 0 aliphatic heterocycles. The number of rotatable bonds is 7. The number of hydrogen-bond acceptors (Lipinski definition) is 3. The molecule has 1 amide bonds. The molecule has 0 radical (unpaired) electrons. The Bertz CT molecular complexity index is 255. The molecule has 1 aliphatic rings. The Morgan fingerprint density at radius 1 is 1.47 bits per heavy atom. The molecule has 4 nitrogen and oxygen atoms in total. The van der Waals surface area contributed by atoms with Crippen LogP contribution in [0.3, 0.4) is 0 Å². The van der Waals surface area contributed by atoms with Gasteiger partial charge >= 0.3 is 0 Å². The van der Waals surface area contributed by atoms with Gasteiger partial charge in [0.15, 0.2) is 0 Å². The van der Waals surface area contributed by atoms with Crippen molar-refractivity contribution in [1.29, 1.82) is 0 Å². The Morgan fingerprint density at radius 3 is 2.53 bits per heavy atom. The number of carbonyl (C=O) groups excluding carboxylic acids is 1. The minimum atomic E-state index is -0.787. The lowest BCUT2D eigenvalue weighted by Gasteiger charge is -2.42. The Hall–Kier alpha value is -0.610. The summed E-state index contributed by atoms with van der Waals surface area (Å²) in [6, 6.07) is 0. The molecule has 0 heterocycles. The lowest BCUT2D eigenvalue weighted by molar-refractivity contribution is -0.126. The quantitative estimate of drug-likeness (QED) is 0.664. The fourth-order valence-corrected chi connectivity index (χ4v) is 2.12. The van der Waals surface area contributed by atoms with Crippen LogP contribution in [0.4, 0.5) is 0 Å². The lowest BCUT2D eigenvalue weighted by atomic mass is 9.66. The van der Waals surface area contributed by atoms with Crippen molar-refractivity contribution in [3.8, 4) is 0 Å². The van der Waals surface area contributed by atoms with Gasteiger partial charge in [0.05, 0.1) is 5.54 Å². The Kier molecular flexibility index (Phi) is 4.95. The van der Waals surface area contributed by atoms with E-state index in [2.05, 4.69) is 5.32 Å².